The average molecular weight is 507 g/mol. The zero-order valence-corrected chi connectivity index (χ0v) is 19.4. The lowest BCUT2D eigenvalue weighted by Gasteiger charge is -2.45. The van der Waals surface area contributed by atoms with Crippen molar-refractivity contribution < 1.29 is 33.8 Å². The Morgan fingerprint density at radius 1 is 1.45 bits per heavy atom. The van der Waals surface area contributed by atoms with Gasteiger partial charge in [-0.05, 0) is 36.1 Å². The monoisotopic (exact) mass is 506 g/mol. The van der Waals surface area contributed by atoms with Gasteiger partial charge in [-0.3, -0.25) is 15.0 Å². The number of ether oxygens (including phenoxy) is 2. The molecule has 0 unspecified atom stereocenters. The van der Waals surface area contributed by atoms with Gasteiger partial charge in [0, 0.05) is 15.8 Å². The van der Waals surface area contributed by atoms with Crippen molar-refractivity contribution in [2.24, 2.45) is 5.41 Å². The quantitative estimate of drug-likeness (QED) is 0.429. The summed E-state index contributed by atoms with van der Waals surface area (Å²) >= 11 is 3.13. The van der Waals surface area contributed by atoms with E-state index in [0.29, 0.717) is 16.6 Å². The van der Waals surface area contributed by atoms with E-state index in [0.717, 1.165) is 11.0 Å². The summed E-state index contributed by atoms with van der Waals surface area (Å²) in [7, 11) is 0. The number of rotatable bonds is 7. The van der Waals surface area contributed by atoms with E-state index in [2.05, 4.69) is 15.9 Å². The van der Waals surface area contributed by atoms with Gasteiger partial charge in [0.05, 0.1) is 25.3 Å². The number of amides is 1. The van der Waals surface area contributed by atoms with Crippen LogP contribution in [0.5, 0.6) is 0 Å². The molecule has 0 bridgehead atoms. The molecule has 9 nitrogen and oxygen atoms in total. The van der Waals surface area contributed by atoms with Crippen molar-refractivity contribution in [1.82, 2.24) is 4.90 Å². The Labute approximate surface area is 188 Å². The number of morpholine rings is 1. The fourth-order valence-electron chi connectivity index (χ4n) is 3.49. The van der Waals surface area contributed by atoms with Gasteiger partial charge in [-0.15, -0.1) is 0 Å². The number of nitrogens with zero attached hydrogens (tertiary/aromatic N) is 2. The molecule has 2 N–H and O–H groups in total. The lowest BCUT2D eigenvalue weighted by atomic mass is 9.94. The molecular weight excluding hydrogens is 479 g/mol. The molecular formula is C20H28BrFN2O7. The molecule has 1 saturated heterocycles. The number of carbonyl (C=O) groups is 1. The second kappa shape index (κ2) is 10.2. The van der Waals surface area contributed by atoms with Gasteiger partial charge < -0.3 is 19.7 Å². The summed E-state index contributed by atoms with van der Waals surface area (Å²) in [5.74, 6) is -0.582. The second-order valence-electron chi connectivity index (χ2n) is 8.90. The molecule has 1 aliphatic rings. The van der Waals surface area contributed by atoms with Crippen LogP contribution in [0.3, 0.4) is 0 Å². The van der Waals surface area contributed by atoms with Crippen LogP contribution in [-0.2, 0) is 15.9 Å². The maximum atomic E-state index is 13.7. The average Bonchev–Trinajstić information content (AvgIpc) is 2.62. The summed E-state index contributed by atoms with van der Waals surface area (Å²) in [6.45, 7) is 7.46. The third kappa shape index (κ3) is 6.83. The van der Waals surface area contributed by atoms with E-state index >= 15 is 0 Å². The highest BCUT2D eigenvalue weighted by Gasteiger charge is 2.47. The molecule has 1 amide bonds. The zero-order chi connectivity index (χ0) is 23.5. The van der Waals surface area contributed by atoms with Crippen LogP contribution < -0.4 is 0 Å². The van der Waals surface area contributed by atoms with Crippen molar-refractivity contribution in [3.05, 3.63) is 44.2 Å². The first-order valence-electron chi connectivity index (χ1n) is 9.81. The van der Waals surface area contributed by atoms with E-state index < -0.39 is 47.4 Å². The van der Waals surface area contributed by atoms with Crippen LogP contribution in [0.25, 0.3) is 0 Å². The maximum absolute atomic E-state index is 13.7. The first kappa shape index (κ1) is 25.4. The lowest BCUT2D eigenvalue weighted by Crippen LogP contribution is -2.64. The standard InChI is InChI=1S/C20H28BrFN2O7/c1-11-18(31-10-20(2,3)4)30-9-16(23(11)19(26)27)17(25)15(24(28)29)7-12-5-13(21)8-14(22)6-12/h5-6,8,11,15-18,25H,7,9-10H2,1-4H3,(H,26,27)/t11-,15-,16+,17-,18-/m0/s1. The van der Waals surface area contributed by atoms with E-state index in [1.165, 1.54) is 12.1 Å². The van der Waals surface area contributed by atoms with E-state index in [1.54, 1.807) is 6.92 Å². The highest BCUT2D eigenvalue weighted by atomic mass is 79.9. The summed E-state index contributed by atoms with van der Waals surface area (Å²) in [5.41, 5.74) is 0.120. The largest absolute Gasteiger partial charge is 0.465 e. The molecule has 11 heteroatoms. The molecule has 1 aromatic carbocycles. The Balaban J connectivity index is 2.22. The Bertz CT molecular complexity index is 784. The fraction of sp³-hybridized carbons (Fsp3) is 0.650. The SMILES string of the molecule is C[C@H]1[C@H](OCC(C)(C)C)OC[C@H]([C@@H](O)[C@H](Cc2cc(F)cc(Br)c2)[N+](=O)[O-])N1C(=O)O. The number of aliphatic hydroxyl groups is 1. The molecule has 0 aromatic heterocycles. The molecule has 0 aliphatic carbocycles. The van der Waals surface area contributed by atoms with Gasteiger partial charge in [-0.2, -0.15) is 0 Å². The molecule has 5 atom stereocenters. The molecule has 1 aliphatic heterocycles. The Morgan fingerprint density at radius 3 is 2.61 bits per heavy atom. The molecule has 31 heavy (non-hydrogen) atoms. The van der Waals surface area contributed by atoms with Crippen LogP contribution in [0.15, 0.2) is 22.7 Å². The normalized spacial score (nSPS) is 24.0. The maximum Gasteiger partial charge on any atom is 0.408 e. The molecule has 1 heterocycles. The van der Waals surface area contributed by atoms with Gasteiger partial charge in [0.25, 0.3) is 0 Å². The predicted molar refractivity (Wildman–Crippen MR) is 113 cm³/mol. The van der Waals surface area contributed by atoms with E-state index in [1.807, 2.05) is 20.8 Å². The highest BCUT2D eigenvalue weighted by Crippen LogP contribution is 2.27. The molecule has 1 aromatic rings. The Hall–Kier alpha value is -1.82. The molecule has 174 valence electrons. The van der Waals surface area contributed by atoms with E-state index in [9.17, 15) is 29.5 Å². The number of carboxylic acid groups (broad SMARTS) is 1. The second-order valence-corrected chi connectivity index (χ2v) is 9.81. The number of aliphatic hydroxyl groups excluding tert-OH is 1. The number of nitro groups is 1. The number of hydrogen-bond donors (Lipinski definition) is 2. The van der Waals surface area contributed by atoms with Crippen LogP contribution in [0.2, 0.25) is 0 Å². The summed E-state index contributed by atoms with van der Waals surface area (Å²) < 4.78 is 25.4. The van der Waals surface area contributed by atoms with Gasteiger partial charge in [0.2, 0.25) is 6.04 Å². The number of halogens is 2. The number of benzene rings is 1. The van der Waals surface area contributed by atoms with E-state index in [-0.39, 0.29) is 18.4 Å². The van der Waals surface area contributed by atoms with Crippen molar-refractivity contribution in [1.29, 1.82) is 0 Å². The molecule has 1 fully saturated rings. The van der Waals surface area contributed by atoms with Gasteiger partial charge in [0.1, 0.15) is 11.9 Å². The van der Waals surface area contributed by atoms with Crippen molar-refractivity contribution in [3.63, 3.8) is 0 Å². The Morgan fingerprint density at radius 2 is 2.10 bits per heavy atom. The zero-order valence-electron chi connectivity index (χ0n) is 17.8. The third-order valence-corrected chi connectivity index (χ3v) is 5.41. The van der Waals surface area contributed by atoms with Crippen LogP contribution in [0.4, 0.5) is 9.18 Å². The smallest absolute Gasteiger partial charge is 0.408 e. The fourth-order valence-corrected chi connectivity index (χ4v) is 4.00. The van der Waals surface area contributed by atoms with Gasteiger partial charge in [-0.1, -0.05) is 36.7 Å². The van der Waals surface area contributed by atoms with Crippen molar-refractivity contribution >= 4 is 22.0 Å². The van der Waals surface area contributed by atoms with Crippen LogP contribution in [0.1, 0.15) is 33.3 Å². The van der Waals surface area contributed by atoms with Gasteiger partial charge in [0.15, 0.2) is 6.29 Å². The van der Waals surface area contributed by atoms with Crippen molar-refractivity contribution in [2.75, 3.05) is 13.2 Å². The number of hydrogen-bond acceptors (Lipinski definition) is 6. The summed E-state index contributed by atoms with van der Waals surface area (Å²) in [6.07, 6.45) is -4.18. The van der Waals surface area contributed by atoms with Crippen LogP contribution >= 0.6 is 15.9 Å². The predicted octanol–water partition coefficient (Wildman–Crippen LogP) is 3.29. The topological polar surface area (TPSA) is 122 Å². The first-order chi connectivity index (χ1) is 14.3. The summed E-state index contributed by atoms with van der Waals surface area (Å²) in [4.78, 5) is 23.9. The summed E-state index contributed by atoms with van der Waals surface area (Å²) in [5, 5.41) is 32.3. The molecule has 0 radical (unpaired) electrons. The van der Waals surface area contributed by atoms with E-state index in [4.69, 9.17) is 9.47 Å². The lowest BCUT2D eigenvalue weighted by molar-refractivity contribution is -0.536. The highest BCUT2D eigenvalue weighted by molar-refractivity contribution is 9.10. The van der Waals surface area contributed by atoms with Gasteiger partial charge >= 0.3 is 6.09 Å². The molecule has 2 rings (SSSR count). The van der Waals surface area contributed by atoms with Crippen molar-refractivity contribution in [3.8, 4) is 0 Å². The van der Waals surface area contributed by atoms with Gasteiger partial charge in [-0.25, -0.2) is 9.18 Å². The minimum atomic E-state index is -1.68. The minimum Gasteiger partial charge on any atom is -0.465 e. The van der Waals surface area contributed by atoms with Crippen LogP contribution in [-0.4, -0.2) is 69.9 Å². The minimum absolute atomic E-state index is 0.177. The van der Waals surface area contributed by atoms with Crippen LogP contribution in [0, 0.1) is 21.3 Å². The molecule has 0 spiro atoms. The third-order valence-electron chi connectivity index (χ3n) is 4.95. The summed E-state index contributed by atoms with van der Waals surface area (Å²) in [6, 6.07) is 0.306. The first-order valence-corrected chi connectivity index (χ1v) is 10.6. The molecule has 0 saturated carbocycles. The van der Waals surface area contributed by atoms with Crippen molar-refractivity contribution in [2.45, 2.75) is 64.6 Å². The Kier molecular flexibility index (Phi) is 8.37.